The van der Waals surface area contributed by atoms with Crippen molar-refractivity contribution in [2.24, 2.45) is 29.6 Å². The van der Waals surface area contributed by atoms with E-state index in [4.69, 9.17) is 4.74 Å². The van der Waals surface area contributed by atoms with Gasteiger partial charge in [-0.1, -0.05) is 26.0 Å². The van der Waals surface area contributed by atoms with E-state index in [0.29, 0.717) is 17.4 Å². The van der Waals surface area contributed by atoms with Crippen LogP contribution in [0.2, 0.25) is 0 Å². The quantitative estimate of drug-likeness (QED) is 0.422. The first-order valence-electron chi connectivity index (χ1n) is 13.3. The van der Waals surface area contributed by atoms with Crippen LogP contribution in [-0.2, 0) is 9.53 Å². The molecule has 0 radical (unpaired) electrons. The second-order valence-electron chi connectivity index (χ2n) is 11.5. The number of hydrogen-bond donors (Lipinski definition) is 1. The minimum atomic E-state index is -0.912. The van der Waals surface area contributed by atoms with Crippen molar-refractivity contribution in [3.8, 4) is 0 Å². The molecular formula is C30H37NO4. The van der Waals surface area contributed by atoms with Crippen LogP contribution in [0.25, 0.3) is 0 Å². The van der Waals surface area contributed by atoms with Gasteiger partial charge in [-0.2, -0.15) is 0 Å². The number of aromatic nitrogens is 1. The van der Waals surface area contributed by atoms with Crippen molar-refractivity contribution in [3.63, 3.8) is 0 Å². The Hall–Kier alpha value is -2.69. The van der Waals surface area contributed by atoms with Gasteiger partial charge < -0.3 is 9.84 Å². The summed E-state index contributed by atoms with van der Waals surface area (Å²) in [5, 5.41) is 9.19. The van der Waals surface area contributed by atoms with Crippen LogP contribution in [0.3, 0.4) is 0 Å². The fourth-order valence-electron chi connectivity index (χ4n) is 7.36. The number of pyridine rings is 1. The van der Waals surface area contributed by atoms with Crippen molar-refractivity contribution in [2.75, 3.05) is 0 Å². The van der Waals surface area contributed by atoms with Crippen LogP contribution < -0.4 is 0 Å². The van der Waals surface area contributed by atoms with Gasteiger partial charge in [-0.15, -0.1) is 0 Å². The monoisotopic (exact) mass is 475 g/mol. The van der Waals surface area contributed by atoms with E-state index in [0.717, 1.165) is 30.2 Å². The Labute approximate surface area is 208 Å². The number of esters is 1. The number of carboxylic acid groups (broad SMARTS) is 1. The molecule has 4 bridgehead atoms. The lowest BCUT2D eigenvalue weighted by atomic mass is 9.55. The van der Waals surface area contributed by atoms with E-state index in [1.807, 2.05) is 43.6 Å². The molecular weight excluding hydrogens is 438 g/mol. The normalized spacial score (nSPS) is 29.4. The van der Waals surface area contributed by atoms with Gasteiger partial charge in [0.1, 0.15) is 6.10 Å². The molecule has 2 aromatic rings. The SMILES string of the molecule is CC(CC(CC(C)c1ccc(C(=O)O)cc1)c1ccncc1)C(=O)OC1C2CC3CC(C2)CC1C3. The predicted octanol–water partition coefficient (Wildman–Crippen LogP) is 6.45. The Morgan fingerprint density at radius 3 is 2.06 bits per heavy atom. The minimum Gasteiger partial charge on any atom is -0.478 e. The number of ether oxygens (including phenoxy) is 1. The van der Waals surface area contributed by atoms with Crippen LogP contribution in [0.1, 0.15) is 92.1 Å². The topological polar surface area (TPSA) is 76.5 Å². The summed E-state index contributed by atoms with van der Waals surface area (Å²) in [6.45, 7) is 4.18. The molecule has 0 aliphatic heterocycles. The summed E-state index contributed by atoms with van der Waals surface area (Å²) < 4.78 is 6.24. The van der Waals surface area contributed by atoms with E-state index in [-0.39, 0.29) is 29.8 Å². The smallest absolute Gasteiger partial charge is 0.335 e. The molecule has 0 amide bonds. The zero-order valence-electron chi connectivity index (χ0n) is 20.8. The second kappa shape index (κ2) is 10.1. The first-order chi connectivity index (χ1) is 16.9. The summed E-state index contributed by atoms with van der Waals surface area (Å²) in [4.78, 5) is 28.7. The van der Waals surface area contributed by atoms with E-state index in [1.54, 1.807) is 12.1 Å². The molecule has 1 aromatic heterocycles. The fourth-order valence-corrected chi connectivity index (χ4v) is 7.36. The fraction of sp³-hybridized carbons (Fsp3) is 0.567. The van der Waals surface area contributed by atoms with Gasteiger partial charge in [0.25, 0.3) is 0 Å². The number of hydrogen-bond acceptors (Lipinski definition) is 4. The molecule has 35 heavy (non-hydrogen) atoms. The Bertz CT molecular complexity index is 1010. The van der Waals surface area contributed by atoms with E-state index in [1.165, 1.54) is 37.7 Å². The van der Waals surface area contributed by atoms with Gasteiger partial charge in [-0.25, -0.2) is 4.79 Å². The van der Waals surface area contributed by atoms with Gasteiger partial charge in [0.2, 0.25) is 0 Å². The summed E-state index contributed by atoms with van der Waals surface area (Å²) in [5.74, 6) is 2.17. The molecule has 1 aromatic carbocycles. The van der Waals surface area contributed by atoms with Gasteiger partial charge >= 0.3 is 11.9 Å². The van der Waals surface area contributed by atoms with E-state index in [2.05, 4.69) is 11.9 Å². The lowest BCUT2D eigenvalue weighted by Crippen LogP contribution is -2.50. The van der Waals surface area contributed by atoms with Gasteiger partial charge in [-0.05, 0) is 116 Å². The molecule has 5 nitrogen and oxygen atoms in total. The average Bonchev–Trinajstić information content (AvgIpc) is 2.85. The van der Waals surface area contributed by atoms with Gasteiger partial charge in [0.05, 0.1) is 11.5 Å². The average molecular weight is 476 g/mol. The first-order valence-corrected chi connectivity index (χ1v) is 13.3. The first kappa shape index (κ1) is 24.0. The third kappa shape index (κ3) is 5.29. The highest BCUT2D eigenvalue weighted by molar-refractivity contribution is 5.87. The number of carbonyl (C=O) groups excluding carboxylic acids is 1. The Kier molecular flexibility index (Phi) is 6.95. The zero-order chi connectivity index (χ0) is 24.5. The number of rotatable bonds is 9. The molecule has 3 unspecified atom stereocenters. The lowest BCUT2D eigenvalue weighted by molar-refractivity contribution is -0.175. The third-order valence-corrected chi connectivity index (χ3v) is 8.98. The molecule has 0 spiro atoms. The summed E-state index contributed by atoms with van der Waals surface area (Å²) in [6.07, 6.45) is 11.7. The van der Waals surface area contributed by atoms with Crippen LogP contribution in [0.4, 0.5) is 0 Å². The second-order valence-corrected chi connectivity index (χ2v) is 11.5. The molecule has 4 aliphatic rings. The molecule has 5 heteroatoms. The summed E-state index contributed by atoms with van der Waals surface area (Å²) >= 11 is 0. The maximum atomic E-state index is 13.3. The number of benzene rings is 1. The van der Waals surface area contributed by atoms with Crippen molar-refractivity contribution >= 4 is 11.9 Å². The molecule has 4 saturated carbocycles. The van der Waals surface area contributed by atoms with Crippen molar-refractivity contribution < 1.29 is 19.4 Å². The van der Waals surface area contributed by atoms with Crippen molar-refractivity contribution in [2.45, 2.75) is 76.7 Å². The van der Waals surface area contributed by atoms with Crippen molar-refractivity contribution in [3.05, 3.63) is 65.5 Å². The molecule has 3 atom stereocenters. The minimum absolute atomic E-state index is 0.0417. The number of carboxylic acids is 1. The molecule has 186 valence electrons. The standard InChI is InChI=1S/C30H37NO4/c1-18(22-3-5-24(6-4-22)29(32)33)11-25(23-7-9-31-10-8-23)12-19(2)30(34)35-28-26-14-20-13-21(16-26)17-27(28)15-20/h3-10,18-21,25-28H,11-17H2,1-2H3,(H,32,33). The maximum Gasteiger partial charge on any atom is 0.335 e. The molecule has 6 rings (SSSR count). The van der Waals surface area contributed by atoms with E-state index < -0.39 is 5.97 Å². The number of carbonyl (C=O) groups is 2. The Balaban J connectivity index is 1.25. The molecule has 4 fully saturated rings. The van der Waals surface area contributed by atoms with E-state index in [9.17, 15) is 14.7 Å². The Morgan fingerprint density at radius 1 is 0.886 bits per heavy atom. The summed E-state index contributed by atoms with van der Waals surface area (Å²) in [5.41, 5.74) is 2.59. The highest BCUT2D eigenvalue weighted by Gasteiger charge is 2.50. The van der Waals surface area contributed by atoms with Crippen LogP contribution in [0, 0.1) is 29.6 Å². The maximum absolute atomic E-state index is 13.3. The highest BCUT2D eigenvalue weighted by atomic mass is 16.5. The molecule has 1 heterocycles. The van der Waals surface area contributed by atoms with Gasteiger partial charge in [0.15, 0.2) is 0 Å². The van der Waals surface area contributed by atoms with Crippen molar-refractivity contribution in [1.82, 2.24) is 4.98 Å². The van der Waals surface area contributed by atoms with Crippen molar-refractivity contribution in [1.29, 1.82) is 0 Å². The number of nitrogens with zero attached hydrogens (tertiary/aromatic N) is 1. The highest BCUT2D eigenvalue weighted by Crippen LogP contribution is 2.54. The largest absolute Gasteiger partial charge is 0.478 e. The summed E-state index contributed by atoms with van der Waals surface area (Å²) in [6, 6.07) is 11.2. The van der Waals surface area contributed by atoms with Crippen LogP contribution in [0.5, 0.6) is 0 Å². The van der Waals surface area contributed by atoms with Gasteiger partial charge in [-0.3, -0.25) is 9.78 Å². The number of aromatic carboxylic acids is 1. The third-order valence-electron chi connectivity index (χ3n) is 8.98. The van der Waals surface area contributed by atoms with Crippen LogP contribution >= 0.6 is 0 Å². The predicted molar refractivity (Wildman–Crippen MR) is 134 cm³/mol. The zero-order valence-corrected chi connectivity index (χ0v) is 20.8. The molecule has 0 saturated heterocycles. The Morgan fingerprint density at radius 2 is 1.49 bits per heavy atom. The van der Waals surface area contributed by atoms with Gasteiger partial charge in [0, 0.05) is 12.4 Å². The van der Waals surface area contributed by atoms with Crippen LogP contribution in [0.15, 0.2) is 48.8 Å². The lowest BCUT2D eigenvalue weighted by Gasteiger charge is -2.53. The molecule has 4 aliphatic carbocycles. The summed E-state index contributed by atoms with van der Waals surface area (Å²) in [7, 11) is 0. The van der Waals surface area contributed by atoms with E-state index >= 15 is 0 Å². The molecule has 1 N–H and O–H groups in total. The van der Waals surface area contributed by atoms with Crippen LogP contribution in [-0.4, -0.2) is 28.1 Å².